The van der Waals surface area contributed by atoms with Gasteiger partial charge in [-0.15, -0.1) is 11.3 Å². The van der Waals surface area contributed by atoms with Crippen molar-refractivity contribution in [2.75, 3.05) is 20.2 Å². The number of ether oxygens (including phenoxy) is 1. The van der Waals surface area contributed by atoms with Crippen molar-refractivity contribution in [1.82, 2.24) is 14.7 Å². The predicted octanol–water partition coefficient (Wildman–Crippen LogP) is 4.66. The van der Waals surface area contributed by atoms with E-state index in [4.69, 9.17) is 4.74 Å². The molecule has 2 aromatic heterocycles. The number of aryl methyl sites for hydroxylation is 1. The molecule has 3 aromatic rings. The molecule has 1 unspecified atom stereocenters. The monoisotopic (exact) mass is 477 g/mol. The van der Waals surface area contributed by atoms with Crippen LogP contribution in [0.1, 0.15) is 51.3 Å². The number of aromatic nitrogens is 2. The van der Waals surface area contributed by atoms with E-state index in [1.165, 1.54) is 42.4 Å². The number of ketones is 1. The largest absolute Gasteiger partial charge is 0.465 e. The highest BCUT2D eigenvalue weighted by atomic mass is 32.1. The van der Waals surface area contributed by atoms with Gasteiger partial charge in [0.15, 0.2) is 5.78 Å². The Kier molecular flexibility index (Phi) is 6.40. The van der Waals surface area contributed by atoms with Crippen LogP contribution < -0.4 is 0 Å². The number of hydrogen-bond donors (Lipinski definition) is 0. The summed E-state index contributed by atoms with van der Waals surface area (Å²) < 4.78 is 7.04. The number of piperidine rings is 3. The second kappa shape index (κ2) is 9.47. The molecule has 0 saturated carbocycles. The number of methoxy groups -OCH3 is 1. The van der Waals surface area contributed by atoms with E-state index in [2.05, 4.69) is 41.2 Å². The van der Waals surface area contributed by atoms with Crippen LogP contribution >= 0.6 is 11.3 Å². The molecule has 0 spiro atoms. The van der Waals surface area contributed by atoms with Crippen LogP contribution in [0, 0.1) is 19.8 Å². The van der Waals surface area contributed by atoms with E-state index in [0.29, 0.717) is 17.3 Å². The number of esters is 1. The van der Waals surface area contributed by atoms with Crippen LogP contribution in [0.5, 0.6) is 0 Å². The van der Waals surface area contributed by atoms with Gasteiger partial charge in [-0.1, -0.05) is 29.8 Å². The summed E-state index contributed by atoms with van der Waals surface area (Å²) in [7, 11) is 1.39. The summed E-state index contributed by atoms with van der Waals surface area (Å²) in [6, 6.07) is 10.4. The maximum absolute atomic E-state index is 13.3. The topological polar surface area (TPSA) is 64.4 Å². The fraction of sp³-hybridized carbons (Fsp3) is 0.444. The molecule has 3 aliphatic rings. The highest BCUT2D eigenvalue weighted by molar-refractivity contribution is 7.17. The third-order valence-corrected chi connectivity index (χ3v) is 8.57. The van der Waals surface area contributed by atoms with Crippen molar-refractivity contribution < 1.29 is 14.3 Å². The Balaban J connectivity index is 1.40. The van der Waals surface area contributed by atoms with Gasteiger partial charge >= 0.3 is 5.97 Å². The molecule has 6 nitrogen and oxygen atoms in total. The van der Waals surface area contributed by atoms with Crippen molar-refractivity contribution >= 4 is 23.1 Å². The third-order valence-electron chi connectivity index (χ3n) is 7.38. The van der Waals surface area contributed by atoms with Crippen molar-refractivity contribution in [2.24, 2.45) is 5.92 Å². The minimum absolute atomic E-state index is 0.0136. The average Bonchev–Trinajstić information content (AvgIpc) is 3.44. The molecule has 178 valence electrons. The number of carbonyl (C=O) groups is 2. The van der Waals surface area contributed by atoms with Gasteiger partial charge in [0, 0.05) is 22.6 Å². The maximum atomic E-state index is 13.3. The molecule has 0 N–H and O–H groups in total. The first-order valence-electron chi connectivity index (χ1n) is 12.0. The highest BCUT2D eigenvalue weighted by Crippen LogP contribution is 2.36. The summed E-state index contributed by atoms with van der Waals surface area (Å²) >= 11 is 1.39. The molecular weight excluding hydrogens is 446 g/mol. The summed E-state index contributed by atoms with van der Waals surface area (Å²) in [5.41, 5.74) is 5.21. The number of thiophene rings is 1. The lowest BCUT2D eigenvalue weighted by Gasteiger charge is -2.44. The number of rotatable bonds is 7. The van der Waals surface area contributed by atoms with Crippen LogP contribution in [0.4, 0.5) is 0 Å². The molecule has 2 bridgehead atoms. The number of carbonyl (C=O) groups excluding carboxylic acids is 2. The first-order valence-corrected chi connectivity index (χ1v) is 12.8. The van der Waals surface area contributed by atoms with Crippen LogP contribution in [-0.2, 0) is 22.5 Å². The van der Waals surface area contributed by atoms with Crippen molar-refractivity contribution in [1.29, 1.82) is 0 Å². The molecule has 0 amide bonds. The van der Waals surface area contributed by atoms with Gasteiger partial charge in [-0.05, 0) is 69.3 Å². The zero-order chi connectivity index (χ0) is 23.8. The van der Waals surface area contributed by atoms with Crippen LogP contribution in [0.25, 0.3) is 10.4 Å². The molecule has 3 aliphatic heterocycles. The fourth-order valence-corrected chi connectivity index (χ4v) is 6.44. The van der Waals surface area contributed by atoms with Crippen molar-refractivity contribution in [3.8, 4) is 10.4 Å². The zero-order valence-corrected chi connectivity index (χ0v) is 20.9. The van der Waals surface area contributed by atoms with Gasteiger partial charge in [-0.25, -0.2) is 4.79 Å². The zero-order valence-electron chi connectivity index (χ0n) is 20.0. The first-order chi connectivity index (χ1) is 16.4. The molecular formula is C27H31N3O3S. The van der Waals surface area contributed by atoms with E-state index >= 15 is 0 Å². The van der Waals surface area contributed by atoms with Crippen molar-refractivity contribution in [2.45, 2.75) is 52.1 Å². The molecule has 0 radical (unpaired) electrons. The Hall–Kier alpha value is -2.77. The summed E-state index contributed by atoms with van der Waals surface area (Å²) in [5.74, 6) is 0.499. The molecule has 0 aliphatic carbocycles. The van der Waals surface area contributed by atoms with Crippen LogP contribution in [0.2, 0.25) is 0 Å². The maximum Gasteiger partial charge on any atom is 0.348 e. The number of hydrogen-bond acceptors (Lipinski definition) is 6. The standard InChI is InChI=1S/C27H31N3O3S/c1-17-4-6-20(7-5-17)16-30-18(2)22(15-28-30)25-14-21(26(34-25)27(32)33-3)13-24(31)23-12-19-8-10-29(23)11-9-19/h4-7,14-15,19,23H,8-13,16H2,1-3H3. The summed E-state index contributed by atoms with van der Waals surface area (Å²) in [5, 5.41) is 4.61. The quantitative estimate of drug-likeness (QED) is 0.463. The van der Waals surface area contributed by atoms with E-state index < -0.39 is 0 Å². The van der Waals surface area contributed by atoms with E-state index in [1.807, 2.05) is 23.9 Å². The lowest BCUT2D eigenvalue weighted by Crippen LogP contribution is -2.52. The highest BCUT2D eigenvalue weighted by Gasteiger charge is 2.37. The second-order valence-corrected chi connectivity index (χ2v) is 10.7. The second-order valence-electron chi connectivity index (χ2n) is 9.62. The molecule has 5 heterocycles. The van der Waals surface area contributed by atoms with Crippen molar-refractivity contribution in [3.05, 3.63) is 63.8 Å². The molecule has 1 aromatic carbocycles. The normalized spacial score (nSPS) is 21.6. The lowest BCUT2D eigenvalue weighted by atomic mass is 9.81. The van der Waals surface area contributed by atoms with Gasteiger partial charge in [0.25, 0.3) is 0 Å². The minimum atomic E-state index is -0.380. The van der Waals surface area contributed by atoms with Gasteiger partial charge < -0.3 is 4.74 Å². The first kappa shape index (κ1) is 23.0. The van der Waals surface area contributed by atoms with Gasteiger partial charge in [-0.2, -0.15) is 5.10 Å². The smallest absolute Gasteiger partial charge is 0.348 e. The Morgan fingerprint density at radius 2 is 1.88 bits per heavy atom. The van der Waals surface area contributed by atoms with E-state index in [-0.39, 0.29) is 24.2 Å². The Morgan fingerprint density at radius 3 is 2.53 bits per heavy atom. The third kappa shape index (κ3) is 4.46. The fourth-order valence-electron chi connectivity index (χ4n) is 5.28. The Bertz CT molecular complexity index is 1200. The number of Topliss-reactive ketones (excluding diaryl/α,β-unsaturated/α-hetero) is 1. The summed E-state index contributed by atoms with van der Waals surface area (Å²) in [4.78, 5) is 29.6. The van der Waals surface area contributed by atoms with E-state index in [1.54, 1.807) is 0 Å². The van der Waals surface area contributed by atoms with E-state index in [0.717, 1.165) is 41.2 Å². The van der Waals surface area contributed by atoms with Crippen molar-refractivity contribution in [3.63, 3.8) is 0 Å². The molecule has 3 fully saturated rings. The van der Waals surface area contributed by atoms with E-state index in [9.17, 15) is 9.59 Å². The van der Waals surface area contributed by atoms with Crippen LogP contribution in [0.3, 0.4) is 0 Å². The molecule has 1 atom stereocenters. The SMILES string of the molecule is COC(=O)c1sc(-c2cnn(Cc3ccc(C)cc3)c2C)cc1CC(=O)C1CC2CCN1CC2. The predicted molar refractivity (Wildman–Crippen MR) is 133 cm³/mol. The summed E-state index contributed by atoms with van der Waals surface area (Å²) in [6.07, 6.45) is 5.48. The van der Waals surface area contributed by atoms with Gasteiger partial charge in [0.1, 0.15) is 4.88 Å². The molecule has 6 rings (SSSR count). The molecule has 7 heteroatoms. The molecule has 3 saturated heterocycles. The number of nitrogens with zero attached hydrogens (tertiary/aromatic N) is 3. The lowest BCUT2D eigenvalue weighted by molar-refractivity contribution is -0.127. The average molecular weight is 478 g/mol. The van der Waals surface area contributed by atoms with Crippen LogP contribution in [0.15, 0.2) is 36.5 Å². The van der Waals surface area contributed by atoms with Gasteiger partial charge in [0.2, 0.25) is 0 Å². The van der Waals surface area contributed by atoms with Gasteiger partial charge in [-0.3, -0.25) is 14.4 Å². The summed E-state index contributed by atoms with van der Waals surface area (Å²) in [6.45, 7) is 6.84. The Morgan fingerprint density at radius 1 is 1.15 bits per heavy atom. The molecule has 34 heavy (non-hydrogen) atoms. The number of benzene rings is 1. The number of fused-ring (bicyclic) bond motifs is 3. The van der Waals surface area contributed by atoms with Crippen LogP contribution in [-0.4, -0.2) is 52.7 Å². The minimum Gasteiger partial charge on any atom is -0.465 e. The van der Waals surface area contributed by atoms with Gasteiger partial charge in [0.05, 0.1) is 25.9 Å². The Labute approximate surface area is 204 Å².